The molecule has 7 heteroatoms. The molecule has 0 spiro atoms. The second-order valence-electron chi connectivity index (χ2n) is 7.25. The number of nitrogens with one attached hydrogen (secondary N) is 1. The van der Waals surface area contributed by atoms with Crippen LogP contribution in [0.25, 0.3) is 0 Å². The van der Waals surface area contributed by atoms with E-state index in [2.05, 4.69) is 5.32 Å². The van der Waals surface area contributed by atoms with E-state index in [0.717, 1.165) is 11.1 Å². The van der Waals surface area contributed by atoms with Crippen molar-refractivity contribution in [1.82, 2.24) is 9.62 Å². The summed E-state index contributed by atoms with van der Waals surface area (Å²) in [5, 5.41) is 2.83. The summed E-state index contributed by atoms with van der Waals surface area (Å²) in [7, 11) is -3.89. The molecule has 0 atom stereocenters. The molecule has 32 heavy (non-hydrogen) atoms. The van der Waals surface area contributed by atoms with Gasteiger partial charge in [-0.2, -0.15) is 4.31 Å². The first-order valence-corrected chi connectivity index (χ1v) is 12.0. The first-order valence-electron chi connectivity index (χ1n) is 10.6. The van der Waals surface area contributed by atoms with Gasteiger partial charge in [0.25, 0.3) is 0 Å². The molecule has 1 N–H and O–H groups in total. The third kappa shape index (κ3) is 6.67. The minimum absolute atomic E-state index is 0.0997. The highest BCUT2D eigenvalue weighted by Gasteiger charge is 2.27. The molecular weight excluding hydrogens is 424 g/mol. The van der Waals surface area contributed by atoms with Crippen LogP contribution in [0.15, 0.2) is 89.8 Å². The minimum Gasteiger partial charge on any atom is -0.494 e. The van der Waals surface area contributed by atoms with E-state index < -0.39 is 10.0 Å². The summed E-state index contributed by atoms with van der Waals surface area (Å²) >= 11 is 0. The number of rotatable bonds is 11. The van der Waals surface area contributed by atoms with Crippen LogP contribution in [0.4, 0.5) is 0 Å². The largest absolute Gasteiger partial charge is 0.494 e. The van der Waals surface area contributed by atoms with Crippen LogP contribution in [0.3, 0.4) is 0 Å². The van der Waals surface area contributed by atoms with E-state index in [1.165, 1.54) is 16.4 Å². The number of carbonyl (C=O) groups excluding carboxylic acids is 1. The molecule has 0 radical (unpaired) electrons. The van der Waals surface area contributed by atoms with Gasteiger partial charge in [-0.25, -0.2) is 8.42 Å². The van der Waals surface area contributed by atoms with Crippen molar-refractivity contribution >= 4 is 15.9 Å². The topological polar surface area (TPSA) is 75.7 Å². The summed E-state index contributed by atoms with van der Waals surface area (Å²) in [4.78, 5) is 12.7. The molecule has 3 aromatic rings. The Balaban J connectivity index is 1.72. The molecule has 0 bridgehead atoms. The van der Waals surface area contributed by atoms with Crippen molar-refractivity contribution in [2.75, 3.05) is 19.7 Å². The van der Waals surface area contributed by atoms with Crippen LogP contribution in [-0.4, -0.2) is 38.3 Å². The van der Waals surface area contributed by atoms with Gasteiger partial charge < -0.3 is 10.1 Å². The Bertz CT molecular complexity index is 1090. The third-order valence-electron chi connectivity index (χ3n) is 4.87. The van der Waals surface area contributed by atoms with E-state index in [-0.39, 0.29) is 23.9 Å². The maximum absolute atomic E-state index is 13.3. The van der Waals surface area contributed by atoms with Crippen LogP contribution >= 0.6 is 0 Å². The number of carbonyl (C=O) groups is 1. The molecule has 3 rings (SSSR count). The fourth-order valence-electron chi connectivity index (χ4n) is 3.24. The zero-order valence-corrected chi connectivity index (χ0v) is 18.9. The molecule has 0 heterocycles. The molecule has 0 unspecified atom stereocenters. The Morgan fingerprint density at radius 2 is 1.47 bits per heavy atom. The van der Waals surface area contributed by atoms with E-state index in [1.54, 1.807) is 12.1 Å². The quantitative estimate of drug-likeness (QED) is 0.482. The maximum atomic E-state index is 13.3. The number of hydrogen-bond donors (Lipinski definition) is 1. The summed E-state index contributed by atoms with van der Waals surface area (Å²) < 4.78 is 33.3. The highest BCUT2D eigenvalue weighted by Crippen LogP contribution is 2.21. The van der Waals surface area contributed by atoms with Gasteiger partial charge in [0.1, 0.15) is 5.75 Å². The Hall–Kier alpha value is -3.16. The van der Waals surface area contributed by atoms with Crippen LogP contribution in [0.1, 0.15) is 18.1 Å². The number of amides is 1. The molecule has 168 valence electrons. The Kier molecular flexibility index (Phi) is 8.41. The standard InChI is InChI=1S/C25H28N2O4S/c1-2-31-23-13-15-24(16-14-23)32(29,30)27(19-22-11-7-4-8-12-22)20-25(28)26-18-17-21-9-5-3-6-10-21/h3-16H,2,17-20H2,1H3,(H,26,28). The number of nitrogens with zero attached hydrogens (tertiary/aromatic N) is 1. The van der Waals surface area contributed by atoms with Crippen LogP contribution in [0.2, 0.25) is 0 Å². The monoisotopic (exact) mass is 452 g/mol. The highest BCUT2D eigenvalue weighted by molar-refractivity contribution is 7.89. The van der Waals surface area contributed by atoms with Gasteiger partial charge in [0, 0.05) is 13.1 Å². The normalized spacial score (nSPS) is 11.3. The molecule has 0 aliphatic carbocycles. The van der Waals surface area contributed by atoms with Crippen LogP contribution in [-0.2, 0) is 27.8 Å². The maximum Gasteiger partial charge on any atom is 0.243 e. The zero-order valence-electron chi connectivity index (χ0n) is 18.1. The third-order valence-corrected chi connectivity index (χ3v) is 6.68. The summed E-state index contributed by atoms with van der Waals surface area (Å²) in [5.41, 5.74) is 1.91. The second kappa shape index (κ2) is 11.5. The Morgan fingerprint density at radius 3 is 2.06 bits per heavy atom. The predicted octanol–water partition coefficient (Wildman–Crippen LogP) is 3.64. The summed E-state index contributed by atoms with van der Waals surface area (Å²) in [6.45, 7) is 2.63. The number of ether oxygens (including phenoxy) is 1. The molecule has 0 aliphatic rings. The fraction of sp³-hybridized carbons (Fsp3) is 0.240. The summed E-state index contributed by atoms with van der Waals surface area (Å²) in [5.74, 6) is 0.256. The van der Waals surface area contributed by atoms with E-state index >= 15 is 0 Å². The van der Waals surface area contributed by atoms with Gasteiger partial charge in [-0.3, -0.25) is 4.79 Å². The summed E-state index contributed by atoms with van der Waals surface area (Å²) in [6.07, 6.45) is 0.677. The summed E-state index contributed by atoms with van der Waals surface area (Å²) in [6, 6.07) is 25.3. The average molecular weight is 453 g/mol. The van der Waals surface area contributed by atoms with Crippen molar-refractivity contribution in [1.29, 1.82) is 0 Å². The van der Waals surface area contributed by atoms with Crippen molar-refractivity contribution in [2.24, 2.45) is 0 Å². The van der Waals surface area contributed by atoms with Gasteiger partial charge in [-0.15, -0.1) is 0 Å². The van der Waals surface area contributed by atoms with Gasteiger partial charge in [0.15, 0.2) is 0 Å². The van der Waals surface area contributed by atoms with E-state index in [4.69, 9.17) is 4.74 Å². The molecule has 3 aromatic carbocycles. The van der Waals surface area contributed by atoms with E-state index in [0.29, 0.717) is 25.3 Å². The van der Waals surface area contributed by atoms with Crippen LogP contribution < -0.4 is 10.1 Å². The van der Waals surface area contributed by atoms with Crippen LogP contribution in [0.5, 0.6) is 5.75 Å². The molecule has 0 aromatic heterocycles. The molecule has 6 nitrogen and oxygen atoms in total. The van der Waals surface area contributed by atoms with Gasteiger partial charge >= 0.3 is 0 Å². The van der Waals surface area contributed by atoms with E-state index in [1.807, 2.05) is 67.6 Å². The Morgan fingerprint density at radius 1 is 0.875 bits per heavy atom. The number of hydrogen-bond acceptors (Lipinski definition) is 4. The first-order chi connectivity index (χ1) is 15.5. The fourth-order valence-corrected chi connectivity index (χ4v) is 4.63. The second-order valence-corrected chi connectivity index (χ2v) is 9.19. The van der Waals surface area contributed by atoms with E-state index in [9.17, 15) is 13.2 Å². The molecule has 0 aliphatic heterocycles. The number of sulfonamides is 1. The van der Waals surface area contributed by atoms with Crippen molar-refractivity contribution in [3.63, 3.8) is 0 Å². The molecule has 0 saturated heterocycles. The van der Waals surface area contributed by atoms with Gasteiger partial charge in [-0.05, 0) is 48.7 Å². The first kappa shape index (κ1) is 23.5. The SMILES string of the molecule is CCOc1ccc(S(=O)(=O)N(CC(=O)NCCc2ccccc2)Cc2ccccc2)cc1. The molecule has 0 fully saturated rings. The molecule has 1 amide bonds. The lowest BCUT2D eigenvalue weighted by Gasteiger charge is -2.22. The molecule has 0 saturated carbocycles. The van der Waals surface area contributed by atoms with Gasteiger partial charge in [-0.1, -0.05) is 60.7 Å². The lowest BCUT2D eigenvalue weighted by molar-refractivity contribution is -0.121. The number of benzene rings is 3. The smallest absolute Gasteiger partial charge is 0.243 e. The van der Waals surface area contributed by atoms with Crippen LogP contribution in [0, 0.1) is 0 Å². The zero-order chi connectivity index (χ0) is 22.8. The highest BCUT2D eigenvalue weighted by atomic mass is 32.2. The lowest BCUT2D eigenvalue weighted by atomic mass is 10.1. The predicted molar refractivity (Wildman–Crippen MR) is 125 cm³/mol. The van der Waals surface area contributed by atoms with Crippen molar-refractivity contribution in [3.05, 3.63) is 96.1 Å². The average Bonchev–Trinajstić information content (AvgIpc) is 2.81. The lowest BCUT2D eigenvalue weighted by Crippen LogP contribution is -2.40. The minimum atomic E-state index is -3.89. The Labute approximate surface area is 189 Å². The van der Waals surface area contributed by atoms with Crippen molar-refractivity contribution in [2.45, 2.75) is 24.8 Å². The van der Waals surface area contributed by atoms with Crippen molar-refractivity contribution in [3.8, 4) is 5.75 Å². The van der Waals surface area contributed by atoms with Gasteiger partial charge in [0.05, 0.1) is 18.0 Å². The molecular formula is C25H28N2O4S. The van der Waals surface area contributed by atoms with Crippen molar-refractivity contribution < 1.29 is 17.9 Å². The van der Waals surface area contributed by atoms with Gasteiger partial charge in [0.2, 0.25) is 15.9 Å².